The third-order valence-electron chi connectivity index (χ3n) is 5.78. The van der Waals surface area contributed by atoms with Crippen molar-refractivity contribution in [2.75, 3.05) is 6.61 Å². The third kappa shape index (κ3) is 7.86. The van der Waals surface area contributed by atoms with Crippen LogP contribution in [0.3, 0.4) is 0 Å². The van der Waals surface area contributed by atoms with E-state index in [9.17, 15) is 9.59 Å². The van der Waals surface area contributed by atoms with Crippen LogP contribution in [0.25, 0.3) is 0 Å². The number of benzene rings is 3. The number of aryl methyl sites for hydroxylation is 2. The predicted molar refractivity (Wildman–Crippen MR) is 141 cm³/mol. The van der Waals surface area contributed by atoms with Crippen LogP contribution in [0.4, 0.5) is 0 Å². The van der Waals surface area contributed by atoms with Crippen LogP contribution in [0, 0.1) is 13.8 Å². The van der Waals surface area contributed by atoms with E-state index < -0.39 is 6.04 Å². The van der Waals surface area contributed by atoms with Gasteiger partial charge in [-0.05, 0) is 74.2 Å². The van der Waals surface area contributed by atoms with Gasteiger partial charge in [0.15, 0.2) is 6.61 Å². The zero-order valence-electron chi connectivity index (χ0n) is 20.8. The highest BCUT2D eigenvalue weighted by molar-refractivity contribution is 6.30. The molecular weight excluding hydrogens is 460 g/mol. The van der Waals surface area contributed by atoms with Crippen LogP contribution in [0.5, 0.6) is 5.75 Å². The fourth-order valence-corrected chi connectivity index (χ4v) is 4.01. The normalized spacial score (nSPS) is 11.7. The Bertz CT molecular complexity index is 1150. The van der Waals surface area contributed by atoms with Crippen LogP contribution < -0.4 is 10.1 Å². The first-order valence-corrected chi connectivity index (χ1v) is 12.2. The molecule has 0 aromatic heterocycles. The molecule has 0 aliphatic heterocycles. The standard InChI is InChI=1S/C29H33ClN2O3/c1-20(2)31-29(34)27(17-23-9-6-5-7-10-23)32(18-24-11-8-12-25(30)16-24)28(33)19-35-26-14-13-21(3)22(4)15-26/h5-16,20,27H,17-19H2,1-4H3,(H,31,34)/t27-/m1/s1. The van der Waals surface area contributed by atoms with Gasteiger partial charge in [0.2, 0.25) is 5.91 Å². The highest BCUT2D eigenvalue weighted by atomic mass is 35.5. The summed E-state index contributed by atoms with van der Waals surface area (Å²) in [4.78, 5) is 28.5. The number of rotatable bonds is 10. The summed E-state index contributed by atoms with van der Waals surface area (Å²) in [6, 6.07) is 22.0. The van der Waals surface area contributed by atoms with Crippen molar-refractivity contribution in [2.24, 2.45) is 0 Å². The second-order valence-corrected chi connectivity index (χ2v) is 9.49. The average Bonchev–Trinajstić information content (AvgIpc) is 2.82. The van der Waals surface area contributed by atoms with E-state index in [1.807, 2.05) is 94.4 Å². The number of nitrogens with one attached hydrogen (secondary N) is 1. The zero-order chi connectivity index (χ0) is 25.4. The first kappa shape index (κ1) is 26.3. The van der Waals surface area contributed by atoms with Gasteiger partial charge in [-0.3, -0.25) is 9.59 Å². The monoisotopic (exact) mass is 492 g/mol. The largest absolute Gasteiger partial charge is 0.484 e. The summed E-state index contributed by atoms with van der Waals surface area (Å²) in [5.41, 5.74) is 4.05. The van der Waals surface area contributed by atoms with Crippen molar-refractivity contribution in [3.63, 3.8) is 0 Å². The van der Waals surface area contributed by atoms with E-state index in [-0.39, 0.29) is 31.0 Å². The third-order valence-corrected chi connectivity index (χ3v) is 6.02. The van der Waals surface area contributed by atoms with E-state index in [4.69, 9.17) is 16.3 Å². The van der Waals surface area contributed by atoms with Gasteiger partial charge in [0.05, 0.1) is 0 Å². The van der Waals surface area contributed by atoms with E-state index in [1.165, 1.54) is 0 Å². The highest BCUT2D eigenvalue weighted by Gasteiger charge is 2.31. The minimum absolute atomic E-state index is 0.0596. The quantitative estimate of drug-likeness (QED) is 0.406. The van der Waals surface area contributed by atoms with Crippen LogP contribution in [0.2, 0.25) is 5.02 Å². The molecule has 0 saturated carbocycles. The van der Waals surface area contributed by atoms with Crippen molar-refractivity contribution in [3.8, 4) is 5.75 Å². The molecule has 3 aromatic rings. The summed E-state index contributed by atoms with van der Waals surface area (Å²) in [7, 11) is 0. The van der Waals surface area contributed by atoms with E-state index in [0.29, 0.717) is 17.2 Å². The van der Waals surface area contributed by atoms with Crippen molar-refractivity contribution in [2.45, 2.75) is 52.7 Å². The molecule has 0 unspecified atom stereocenters. The molecule has 6 heteroatoms. The lowest BCUT2D eigenvalue weighted by atomic mass is 10.0. The molecule has 1 atom stereocenters. The SMILES string of the molecule is Cc1ccc(OCC(=O)N(Cc2cccc(Cl)c2)[C@H](Cc2ccccc2)C(=O)NC(C)C)cc1C. The van der Waals surface area contributed by atoms with Crippen LogP contribution in [0.15, 0.2) is 72.8 Å². The molecule has 0 spiro atoms. The molecule has 0 saturated heterocycles. The Kier molecular flexibility index (Phi) is 9.32. The van der Waals surface area contributed by atoms with Crippen LogP contribution in [-0.2, 0) is 22.6 Å². The summed E-state index contributed by atoms with van der Waals surface area (Å²) >= 11 is 6.21. The van der Waals surface area contributed by atoms with Gasteiger partial charge < -0.3 is 15.0 Å². The zero-order valence-corrected chi connectivity index (χ0v) is 21.5. The van der Waals surface area contributed by atoms with E-state index in [2.05, 4.69) is 5.32 Å². The predicted octanol–water partition coefficient (Wildman–Crippen LogP) is 5.50. The summed E-state index contributed by atoms with van der Waals surface area (Å²) < 4.78 is 5.86. The van der Waals surface area contributed by atoms with E-state index in [1.54, 1.807) is 11.0 Å². The van der Waals surface area contributed by atoms with Crippen molar-refractivity contribution >= 4 is 23.4 Å². The van der Waals surface area contributed by atoms with Crippen molar-refractivity contribution in [3.05, 3.63) is 100 Å². The minimum Gasteiger partial charge on any atom is -0.484 e. The second-order valence-electron chi connectivity index (χ2n) is 9.06. The van der Waals surface area contributed by atoms with E-state index >= 15 is 0 Å². The molecule has 0 fully saturated rings. The number of nitrogens with zero attached hydrogens (tertiary/aromatic N) is 1. The van der Waals surface area contributed by atoms with Crippen LogP contribution in [-0.4, -0.2) is 35.4 Å². The molecule has 3 rings (SSSR count). The van der Waals surface area contributed by atoms with E-state index in [0.717, 1.165) is 22.3 Å². The van der Waals surface area contributed by atoms with Crippen molar-refractivity contribution < 1.29 is 14.3 Å². The summed E-state index contributed by atoms with van der Waals surface area (Å²) in [6.45, 7) is 7.90. The number of amides is 2. The molecule has 2 amide bonds. The highest BCUT2D eigenvalue weighted by Crippen LogP contribution is 2.20. The number of ether oxygens (including phenoxy) is 1. The topological polar surface area (TPSA) is 58.6 Å². The number of carbonyl (C=O) groups is 2. The summed E-state index contributed by atoms with van der Waals surface area (Å²) in [6.07, 6.45) is 0.384. The first-order valence-electron chi connectivity index (χ1n) is 11.8. The first-order chi connectivity index (χ1) is 16.7. The Morgan fingerprint density at radius 1 is 0.914 bits per heavy atom. The maximum atomic E-state index is 13.6. The molecule has 0 bridgehead atoms. The number of carbonyl (C=O) groups excluding carboxylic acids is 2. The molecule has 0 radical (unpaired) electrons. The van der Waals surface area contributed by atoms with Crippen molar-refractivity contribution in [1.29, 1.82) is 0 Å². The van der Waals surface area contributed by atoms with Gasteiger partial charge in [-0.1, -0.05) is 60.1 Å². The minimum atomic E-state index is -0.713. The maximum absolute atomic E-state index is 13.6. The smallest absolute Gasteiger partial charge is 0.261 e. The Morgan fingerprint density at radius 3 is 2.29 bits per heavy atom. The lowest BCUT2D eigenvalue weighted by Gasteiger charge is -2.32. The number of hydrogen-bond donors (Lipinski definition) is 1. The van der Waals surface area contributed by atoms with Gasteiger partial charge in [-0.2, -0.15) is 0 Å². The van der Waals surface area contributed by atoms with Crippen molar-refractivity contribution in [1.82, 2.24) is 10.2 Å². The fourth-order valence-electron chi connectivity index (χ4n) is 3.80. The summed E-state index contributed by atoms with van der Waals surface area (Å²) in [5, 5.41) is 3.56. The molecule has 1 N–H and O–H groups in total. The molecule has 0 aliphatic rings. The van der Waals surface area contributed by atoms with Gasteiger partial charge in [-0.15, -0.1) is 0 Å². The lowest BCUT2D eigenvalue weighted by molar-refractivity contribution is -0.143. The number of hydrogen-bond acceptors (Lipinski definition) is 3. The summed E-state index contributed by atoms with van der Waals surface area (Å²) in [5.74, 6) is 0.142. The van der Waals surface area contributed by atoms with Gasteiger partial charge in [0.25, 0.3) is 5.91 Å². The molecule has 35 heavy (non-hydrogen) atoms. The number of halogens is 1. The van der Waals surface area contributed by atoms with Gasteiger partial charge >= 0.3 is 0 Å². The Labute approximate surface area is 213 Å². The Balaban J connectivity index is 1.91. The average molecular weight is 493 g/mol. The van der Waals surface area contributed by atoms with Gasteiger partial charge in [-0.25, -0.2) is 0 Å². The van der Waals surface area contributed by atoms with Crippen LogP contribution >= 0.6 is 11.6 Å². The molecule has 3 aromatic carbocycles. The molecule has 0 aliphatic carbocycles. The molecular formula is C29H33ClN2O3. The molecule has 5 nitrogen and oxygen atoms in total. The maximum Gasteiger partial charge on any atom is 0.261 e. The Morgan fingerprint density at radius 2 is 1.63 bits per heavy atom. The molecule has 184 valence electrons. The van der Waals surface area contributed by atoms with Gasteiger partial charge in [0.1, 0.15) is 11.8 Å². The molecule has 0 heterocycles. The Hall–Kier alpha value is -3.31. The second kappa shape index (κ2) is 12.4. The van der Waals surface area contributed by atoms with Gasteiger partial charge in [0, 0.05) is 24.0 Å². The van der Waals surface area contributed by atoms with Crippen LogP contribution in [0.1, 0.15) is 36.1 Å². The lowest BCUT2D eigenvalue weighted by Crippen LogP contribution is -2.52. The fraction of sp³-hybridized carbons (Fsp3) is 0.310.